The number of pyridine rings is 1. The summed E-state index contributed by atoms with van der Waals surface area (Å²) in [6.45, 7) is 0. The first-order chi connectivity index (χ1) is 4.70. The standard InChI is InChI=1S/C6H5Cl2NO/c7-4-1-2-5(6(8)10)9-3-4/h1-3,6,10H. The number of aromatic nitrogens is 1. The molecule has 10 heavy (non-hydrogen) atoms. The van der Waals surface area contributed by atoms with Gasteiger partial charge in [-0.3, -0.25) is 4.98 Å². The predicted molar refractivity (Wildman–Crippen MR) is 40.1 cm³/mol. The van der Waals surface area contributed by atoms with Crippen molar-refractivity contribution in [1.82, 2.24) is 4.98 Å². The molecule has 1 unspecified atom stereocenters. The van der Waals surface area contributed by atoms with E-state index in [2.05, 4.69) is 4.98 Å². The highest BCUT2D eigenvalue weighted by atomic mass is 35.5. The van der Waals surface area contributed by atoms with Gasteiger partial charge in [0.15, 0.2) is 5.56 Å². The van der Waals surface area contributed by atoms with Crippen LogP contribution in [-0.4, -0.2) is 10.1 Å². The van der Waals surface area contributed by atoms with E-state index in [-0.39, 0.29) is 0 Å². The van der Waals surface area contributed by atoms with Crippen LogP contribution >= 0.6 is 23.2 Å². The van der Waals surface area contributed by atoms with Crippen molar-refractivity contribution in [3.63, 3.8) is 0 Å². The van der Waals surface area contributed by atoms with Gasteiger partial charge in [0.25, 0.3) is 0 Å². The van der Waals surface area contributed by atoms with Gasteiger partial charge in [0.1, 0.15) is 0 Å². The van der Waals surface area contributed by atoms with Crippen molar-refractivity contribution in [2.24, 2.45) is 0 Å². The molecule has 0 aliphatic rings. The van der Waals surface area contributed by atoms with Crippen LogP contribution in [0.15, 0.2) is 18.3 Å². The lowest BCUT2D eigenvalue weighted by Gasteiger charge is -1.98. The molecular formula is C6H5Cl2NO. The number of hydrogen-bond donors (Lipinski definition) is 1. The topological polar surface area (TPSA) is 33.1 Å². The van der Waals surface area contributed by atoms with Crippen LogP contribution in [0.25, 0.3) is 0 Å². The first-order valence-electron chi connectivity index (χ1n) is 2.64. The van der Waals surface area contributed by atoms with Crippen LogP contribution in [0.4, 0.5) is 0 Å². The molecule has 0 saturated carbocycles. The highest BCUT2D eigenvalue weighted by Crippen LogP contribution is 2.15. The molecule has 1 atom stereocenters. The predicted octanol–water partition coefficient (Wildman–Crippen LogP) is 1.96. The normalized spacial score (nSPS) is 13.1. The molecule has 54 valence electrons. The van der Waals surface area contributed by atoms with Crippen molar-refractivity contribution in [1.29, 1.82) is 0 Å². The lowest BCUT2D eigenvalue weighted by Crippen LogP contribution is -1.90. The summed E-state index contributed by atoms with van der Waals surface area (Å²) in [4.78, 5) is 3.76. The minimum atomic E-state index is -1.04. The van der Waals surface area contributed by atoms with Gasteiger partial charge in [0.2, 0.25) is 0 Å². The quantitative estimate of drug-likeness (QED) is 0.666. The van der Waals surface area contributed by atoms with Crippen LogP contribution in [0.5, 0.6) is 0 Å². The van der Waals surface area contributed by atoms with Gasteiger partial charge < -0.3 is 5.11 Å². The van der Waals surface area contributed by atoms with E-state index >= 15 is 0 Å². The fourth-order valence-electron chi connectivity index (χ4n) is 0.528. The molecule has 0 aliphatic heterocycles. The monoisotopic (exact) mass is 177 g/mol. The van der Waals surface area contributed by atoms with Gasteiger partial charge in [-0.15, -0.1) is 0 Å². The number of aliphatic hydroxyl groups is 1. The van der Waals surface area contributed by atoms with E-state index in [1.165, 1.54) is 6.20 Å². The van der Waals surface area contributed by atoms with Crippen molar-refractivity contribution >= 4 is 23.2 Å². The van der Waals surface area contributed by atoms with E-state index in [1.54, 1.807) is 12.1 Å². The molecule has 1 aromatic rings. The Kier molecular flexibility index (Phi) is 2.49. The molecule has 1 N–H and O–H groups in total. The van der Waals surface area contributed by atoms with E-state index in [9.17, 15) is 0 Å². The smallest absolute Gasteiger partial charge is 0.170 e. The molecule has 0 bridgehead atoms. The van der Waals surface area contributed by atoms with Crippen LogP contribution in [0.1, 0.15) is 11.3 Å². The average molecular weight is 178 g/mol. The maximum atomic E-state index is 8.77. The van der Waals surface area contributed by atoms with E-state index in [0.29, 0.717) is 10.7 Å². The molecule has 0 aliphatic carbocycles. The molecule has 4 heteroatoms. The third-order valence-electron chi connectivity index (χ3n) is 0.994. The highest BCUT2D eigenvalue weighted by molar-refractivity contribution is 6.30. The molecule has 0 saturated heterocycles. The van der Waals surface area contributed by atoms with Gasteiger partial charge in [0.05, 0.1) is 10.7 Å². The minimum absolute atomic E-state index is 0.408. The second-order valence-electron chi connectivity index (χ2n) is 1.74. The number of halogens is 2. The van der Waals surface area contributed by atoms with Crippen molar-refractivity contribution < 1.29 is 5.11 Å². The van der Waals surface area contributed by atoms with Gasteiger partial charge in [-0.1, -0.05) is 23.2 Å². The zero-order chi connectivity index (χ0) is 7.56. The molecular weight excluding hydrogens is 173 g/mol. The third-order valence-corrected chi connectivity index (χ3v) is 1.44. The first-order valence-corrected chi connectivity index (χ1v) is 3.45. The Balaban J connectivity index is 2.89. The fraction of sp³-hybridized carbons (Fsp3) is 0.167. The Hall–Kier alpha value is -0.310. The SMILES string of the molecule is OC(Cl)c1ccc(Cl)cn1. The van der Waals surface area contributed by atoms with Crippen LogP contribution in [0.3, 0.4) is 0 Å². The minimum Gasteiger partial charge on any atom is -0.372 e. The number of hydrogen-bond acceptors (Lipinski definition) is 2. The van der Waals surface area contributed by atoms with Crippen LogP contribution in [-0.2, 0) is 0 Å². The Morgan fingerprint density at radius 1 is 1.50 bits per heavy atom. The highest BCUT2D eigenvalue weighted by Gasteiger charge is 2.01. The average Bonchev–Trinajstić information content (AvgIpc) is 1.88. The second-order valence-corrected chi connectivity index (χ2v) is 2.59. The number of aliphatic hydroxyl groups excluding tert-OH is 1. The third kappa shape index (κ3) is 1.84. The summed E-state index contributed by atoms with van der Waals surface area (Å²) in [5, 5.41) is 9.30. The lowest BCUT2D eigenvalue weighted by atomic mass is 10.4. The molecule has 1 aromatic heterocycles. The Bertz CT molecular complexity index is 209. The Labute approximate surface area is 68.4 Å². The van der Waals surface area contributed by atoms with Gasteiger partial charge in [-0.2, -0.15) is 0 Å². The van der Waals surface area contributed by atoms with Crippen LogP contribution in [0, 0.1) is 0 Å². The van der Waals surface area contributed by atoms with E-state index in [4.69, 9.17) is 28.3 Å². The molecule has 1 rings (SSSR count). The van der Waals surface area contributed by atoms with Crippen molar-refractivity contribution in [2.45, 2.75) is 5.56 Å². The Morgan fingerprint density at radius 3 is 2.60 bits per heavy atom. The van der Waals surface area contributed by atoms with E-state index < -0.39 is 5.56 Å². The zero-order valence-corrected chi connectivity index (χ0v) is 6.47. The van der Waals surface area contributed by atoms with E-state index in [1.807, 2.05) is 0 Å². The molecule has 0 radical (unpaired) electrons. The van der Waals surface area contributed by atoms with Crippen molar-refractivity contribution in [3.05, 3.63) is 29.0 Å². The molecule has 0 aromatic carbocycles. The number of alkyl halides is 1. The van der Waals surface area contributed by atoms with Crippen LogP contribution in [0.2, 0.25) is 5.02 Å². The number of nitrogens with zero attached hydrogens (tertiary/aromatic N) is 1. The van der Waals surface area contributed by atoms with Gasteiger partial charge in [-0.25, -0.2) is 0 Å². The maximum Gasteiger partial charge on any atom is 0.170 e. The van der Waals surface area contributed by atoms with Gasteiger partial charge in [0, 0.05) is 6.20 Å². The summed E-state index contributed by atoms with van der Waals surface area (Å²) >= 11 is 10.8. The molecule has 1 heterocycles. The van der Waals surface area contributed by atoms with Crippen LogP contribution < -0.4 is 0 Å². The summed E-state index contributed by atoms with van der Waals surface area (Å²) < 4.78 is 0. The fourth-order valence-corrected chi connectivity index (χ4v) is 0.769. The van der Waals surface area contributed by atoms with Crippen molar-refractivity contribution in [2.75, 3.05) is 0 Å². The Morgan fingerprint density at radius 2 is 2.20 bits per heavy atom. The summed E-state index contributed by atoms with van der Waals surface area (Å²) in [7, 11) is 0. The number of rotatable bonds is 1. The molecule has 2 nitrogen and oxygen atoms in total. The summed E-state index contributed by atoms with van der Waals surface area (Å²) in [5.74, 6) is 0. The summed E-state index contributed by atoms with van der Waals surface area (Å²) in [6, 6.07) is 3.19. The van der Waals surface area contributed by atoms with Gasteiger partial charge in [-0.05, 0) is 12.1 Å². The maximum absolute atomic E-state index is 8.77. The van der Waals surface area contributed by atoms with Crippen molar-refractivity contribution in [3.8, 4) is 0 Å². The molecule has 0 spiro atoms. The summed E-state index contributed by atoms with van der Waals surface area (Å²) in [6.07, 6.45) is 1.43. The van der Waals surface area contributed by atoms with Gasteiger partial charge >= 0.3 is 0 Å². The second kappa shape index (κ2) is 3.19. The van der Waals surface area contributed by atoms with E-state index in [0.717, 1.165) is 0 Å². The largest absolute Gasteiger partial charge is 0.372 e. The molecule has 0 fully saturated rings. The zero-order valence-electron chi connectivity index (χ0n) is 4.96. The summed E-state index contributed by atoms with van der Waals surface area (Å²) in [5.41, 5.74) is -0.636. The first kappa shape index (κ1) is 7.79. The molecule has 0 amide bonds. The lowest BCUT2D eigenvalue weighted by molar-refractivity contribution is 0.258.